The Morgan fingerprint density at radius 1 is 0.760 bits per heavy atom. The molecular weight excluding hydrogens is 323 g/mol. The van der Waals surface area contributed by atoms with Gasteiger partial charge in [0.1, 0.15) is 0 Å². The van der Waals surface area contributed by atoms with Crippen LogP contribution in [0.25, 0.3) is 0 Å². The lowest BCUT2D eigenvalue weighted by molar-refractivity contribution is -0.137. The molecule has 0 radical (unpaired) electrons. The average molecular weight is 349 g/mol. The van der Waals surface area contributed by atoms with E-state index < -0.39 is 11.7 Å². The second-order valence-corrected chi connectivity index (χ2v) is 6.55. The first-order valence-electron chi connectivity index (χ1n) is 8.84. The number of benzene rings is 2. The maximum absolute atomic E-state index is 12.7. The Hall–Kier alpha value is -1.81. The van der Waals surface area contributed by atoms with E-state index in [-0.39, 0.29) is 0 Å². The highest BCUT2D eigenvalue weighted by Gasteiger charge is 2.30. The molecule has 2 rings (SSSR count). The number of alkyl halides is 3. The second kappa shape index (κ2) is 9.62. The highest BCUT2D eigenvalue weighted by molar-refractivity contribution is 5.25. The summed E-state index contributed by atoms with van der Waals surface area (Å²) in [6.07, 6.45) is 0.945. The minimum Gasteiger partial charge on any atom is -0.306 e. The van der Waals surface area contributed by atoms with E-state index in [1.54, 1.807) is 6.07 Å². The molecule has 0 aliphatic rings. The molecule has 0 N–H and O–H groups in total. The SMILES string of the molecule is CN(CCCCCc1ccccc1)CCc1cccc(C(F)(F)F)c1. The zero-order valence-corrected chi connectivity index (χ0v) is 14.7. The summed E-state index contributed by atoms with van der Waals surface area (Å²) >= 11 is 0. The van der Waals surface area contributed by atoms with Gasteiger partial charge in [-0.1, -0.05) is 55.0 Å². The maximum Gasteiger partial charge on any atom is 0.416 e. The van der Waals surface area contributed by atoms with Gasteiger partial charge in [0, 0.05) is 6.54 Å². The van der Waals surface area contributed by atoms with Gasteiger partial charge in [-0.25, -0.2) is 0 Å². The largest absolute Gasteiger partial charge is 0.416 e. The molecule has 0 aliphatic heterocycles. The van der Waals surface area contributed by atoms with Crippen LogP contribution in [-0.4, -0.2) is 25.0 Å². The quantitative estimate of drug-likeness (QED) is 0.533. The van der Waals surface area contributed by atoms with Gasteiger partial charge in [-0.3, -0.25) is 0 Å². The fourth-order valence-corrected chi connectivity index (χ4v) is 2.87. The Labute approximate surface area is 148 Å². The topological polar surface area (TPSA) is 3.24 Å². The lowest BCUT2D eigenvalue weighted by Crippen LogP contribution is -2.22. The standard InChI is InChI=1S/C21H26F3N/c1-25(15-7-3-6-11-18-9-4-2-5-10-18)16-14-19-12-8-13-20(17-19)21(22,23)24/h2,4-5,8-10,12-13,17H,3,6-7,11,14-16H2,1H3. The van der Waals surface area contributed by atoms with E-state index in [0.29, 0.717) is 6.42 Å². The molecule has 25 heavy (non-hydrogen) atoms. The van der Waals surface area contributed by atoms with Crippen LogP contribution < -0.4 is 0 Å². The van der Waals surface area contributed by atoms with Crippen LogP contribution in [0.1, 0.15) is 36.0 Å². The third-order valence-electron chi connectivity index (χ3n) is 4.38. The third-order valence-corrected chi connectivity index (χ3v) is 4.38. The Kier molecular flexibility index (Phi) is 7.51. The molecule has 0 saturated carbocycles. The van der Waals surface area contributed by atoms with E-state index in [1.165, 1.54) is 30.5 Å². The predicted octanol–water partition coefficient (Wildman–Crippen LogP) is 5.59. The van der Waals surface area contributed by atoms with Crippen molar-refractivity contribution in [1.29, 1.82) is 0 Å². The summed E-state index contributed by atoms with van der Waals surface area (Å²) < 4.78 is 38.2. The lowest BCUT2D eigenvalue weighted by atomic mass is 10.1. The van der Waals surface area contributed by atoms with Crippen molar-refractivity contribution < 1.29 is 13.2 Å². The van der Waals surface area contributed by atoms with Gasteiger partial charge >= 0.3 is 6.18 Å². The number of likely N-dealkylation sites (N-methyl/N-ethyl adjacent to an activating group) is 1. The highest BCUT2D eigenvalue weighted by Crippen LogP contribution is 2.29. The zero-order chi connectivity index (χ0) is 18.1. The minimum absolute atomic E-state index is 0.562. The summed E-state index contributed by atoms with van der Waals surface area (Å²) in [6.45, 7) is 1.76. The summed E-state index contributed by atoms with van der Waals surface area (Å²) in [5, 5.41) is 0. The van der Waals surface area contributed by atoms with Crippen molar-refractivity contribution in [2.24, 2.45) is 0 Å². The Morgan fingerprint density at radius 2 is 1.48 bits per heavy atom. The fraction of sp³-hybridized carbons (Fsp3) is 0.429. The molecule has 4 heteroatoms. The van der Waals surface area contributed by atoms with Gasteiger partial charge in [0.15, 0.2) is 0 Å². The summed E-state index contributed by atoms with van der Waals surface area (Å²) in [4.78, 5) is 2.20. The summed E-state index contributed by atoms with van der Waals surface area (Å²) in [5.74, 6) is 0. The van der Waals surface area contributed by atoms with E-state index in [1.807, 2.05) is 13.1 Å². The van der Waals surface area contributed by atoms with E-state index in [9.17, 15) is 13.2 Å². The van der Waals surface area contributed by atoms with Crippen molar-refractivity contribution in [3.63, 3.8) is 0 Å². The van der Waals surface area contributed by atoms with Crippen molar-refractivity contribution in [2.75, 3.05) is 20.1 Å². The van der Waals surface area contributed by atoms with E-state index in [2.05, 4.69) is 29.2 Å². The molecule has 0 heterocycles. The normalized spacial score (nSPS) is 11.9. The molecule has 0 aliphatic carbocycles. The van der Waals surface area contributed by atoms with Gasteiger partial charge in [0.2, 0.25) is 0 Å². The first-order valence-corrected chi connectivity index (χ1v) is 8.84. The molecule has 0 unspecified atom stereocenters. The van der Waals surface area contributed by atoms with Gasteiger partial charge in [0.05, 0.1) is 5.56 Å². The molecule has 2 aromatic carbocycles. The maximum atomic E-state index is 12.7. The molecule has 0 fully saturated rings. The van der Waals surface area contributed by atoms with Gasteiger partial charge < -0.3 is 4.90 Å². The van der Waals surface area contributed by atoms with Crippen LogP contribution in [0.3, 0.4) is 0 Å². The molecule has 0 spiro atoms. The van der Waals surface area contributed by atoms with Crippen LogP contribution in [0.2, 0.25) is 0 Å². The van der Waals surface area contributed by atoms with E-state index >= 15 is 0 Å². The number of unbranched alkanes of at least 4 members (excludes halogenated alkanes) is 2. The molecular formula is C21H26F3N. The summed E-state index contributed by atoms with van der Waals surface area (Å²) in [7, 11) is 2.03. The van der Waals surface area contributed by atoms with Crippen LogP contribution in [0, 0.1) is 0 Å². The fourth-order valence-electron chi connectivity index (χ4n) is 2.87. The number of nitrogens with zero attached hydrogens (tertiary/aromatic N) is 1. The summed E-state index contributed by atoms with van der Waals surface area (Å²) in [6, 6.07) is 16.1. The van der Waals surface area contributed by atoms with Gasteiger partial charge in [-0.15, -0.1) is 0 Å². The molecule has 0 amide bonds. The molecule has 0 aromatic heterocycles. The van der Waals surface area contributed by atoms with Crippen LogP contribution in [0.15, 0.2) is 54.6 Å². The molecule has 0 atom stereocenters. The lowest BCUT2D eigenvalue weighted by Gasteiger charge is -2.17. The molecule has 0 saturated heterocycles. The van der Waals surface area contributed by atoms with Crippen molar-refractivity contribution in [3.8, 4) is 0 Å². The highest BCUT2D eigenvalue weighted by atomic mass is 19.4. The van der Waals surface area contributed by atoms with Gasteiger partial charge in [0.25, 0.3) is 0 Å². The Bertz CT molecular complexity index is 623. The Morgan fingerprint density at radius 3 is 2.20 bits per heavy atom. The minimum atomic E-state index is -4.26. The van der Waals surface area contributed by atoms with Crippen molar-refractivity contribution in [2.45, 2.75) is 38.3 Å². The summed E-state index contributed by atoms with van der Waals surface area (Å²) in [5.41, 5.74) is 1.56. The van der Waals surface area contributed by atoms with Crippen LogP contribution >= 0.6 is 0 Å². The van der Waals surface area contributed by atoms with Crippen molar-refractivity contribution in [3.05, 3.63) is 71.3 Å². The van der Waals surface area contributed by atoms with Crippen LogP contribution in [0.5, 0.6) is 0 Å². The smallest absolute Gasteiger partial charge is 0.306 e. The number of halogens is 3. The van der Waals surface area contributed by atoms with E-state index in [0.717, 1.165) is 37.6 Å². The van der Waals surface area contributed by atoms with Crippen molar-refractivity contribution >= 4 is 0 Å². The molecule has 1 nitrogen and oxygen atoms in total. The zero-order valence-electron chi connectivity index (χ0n) is 14.7. The predicted molar refractivity (Wildman–Crippen MR) is 96.6 cm³/mol. The Balaban J connectivity index is 1.63. The number of hydrogen-bond donors (Lipinski definition) is 0. The van der Waals surface area contributed by atoms with Crippen LogP contribution in [-0.2, 0) is 19.0 Å². The molecule has 2 aromatic rings. The third kappa shape index (κ3) is 7.30. The number of rotatable bonds is 9. The van der Waals surface area contributed by atoms with Crippen LogP contribution in [0.4, 0.5) is 13.2 Å². The molecule has 136 valence electrons. The van der Waals surface area contributed by atoms with E-state index in [4.69, 9.17) is 0 Å². The van der Waals surface area contributed by atoms with Gasteiger partial charge in [-0.05, 0) is 56.5 Å². The van der Waals surface area contributed by atoms with Gasteiger partial charge in [-0.2, -0.15) is 13.2 Å². The first kappa shape index (κ1) is 19.5. The first-order chi connectivity index (χ1) is 11.9. The van der Waals surface area contributed by atoms with Crippen molar-refractivity contribution in [1.82, 2.24) is 4.90 Å². The number of aryl methyl sites for hydroxylation is 1. The average Bonchev–Trinajstić information content (AvgIpc) is 2.60. The monoisotopic (exact) mass is 349 g/mol. The second-order valence-electron chi connectivity index (χ2n) is 6.55. The molecule has 0 bridgehead atoms. The number of hydrogen-bond acceptors (Lipinski definition) is 1.